The molecule has 0 atom stereocenters. The third-order valence-electron chi connectivity index (χ3n) is 5.10. The van der Waals surface area contributed by atoms with E-state index < -0.39 is 0 Å². The number of carbonyl (C=O) groups is 2. The molecule has 0 unspecified atom stereocenters. The molecule has 1 aromatic heterocycles. The highest BCUT2D eigenvalue weighted by Gasteiger charge is 2.24. The molecule has 2 heterocycles. The van der Waals surface area contributed by atoms with Gasteiger partial charge in [-0.05, 0) is 55.9 Å². The number of nitrogens with zero attached hydrogens (tertiary/aromatic N) is 1. The fourth-order valence-electron chi connectivity index (χ4n) is 3.43. The maximum atomic E-state index is 12.6. The molecule has 26 heavy (non-hydrogen) atoms. The fourth-order valence-corrected chi connectivity index (χ4v) is 3.43. The molecular formula is C21H26N2O3. The van der Waals surface area contributed by atoms with Gasteiger partial charge in [-0.2, -0.15) is 0 Å². The van der Waals surface area contributed by atoms with Crippen LogP contribution in [0.3, 0.4) is 0 Å². The predicted molar refractivity (Wildman–Crippen MR) is 99.6 cm³/mol. The van der Waals surface area contributed by atoms with E-state index in [1.807, 2.05) is 48.2 Å². The highest BCUT2D eigenvalue weighted by Crippen LogP contribution is 2.23. The molecule has 138 valence electrons. The SMILES string of the molecule is Cc1ccccc1C(=O)N1CCC(CCC(=O)NCc2ccco2)CC1. The van der Waals surface area contributed by atoms with Crippen molar-refractivity contribution in [1.29, 1.82) is 0 Å². The topological polar surface area (TPSA) is 62.6 Å². The van der Waals surface area contributed by atoms with Gasteiger partial charge < -0.3 is 14.6 Å². The Morgan fingerprint density at radius 2 is 1.92 bits per heavy atom. The van der Waals surface area contributed by atoms with Crippen molar-refractivity contribution in [3.63, 3.8) is 0 Å². The molecule has 0 aliphatic carbocycles. The lowest BCUT2D eigenvalue weighted by molar-refractivity contribution is -0.121. The first-order chi connectivity index (χ1) is 12.6. The molecule has 1 aliphatic heterocycles. The van der Waals surface area contributed by atoms with Crippen molar-refractivity contribution in [1.82, 2.24) is 10.2 Å². The van der Waals surface area contributed by atoms with Gasteiger partial charge in [0.05, 0.1) is 12.8 Å². The molecule has 1 aliphatic rings. The van der Waals surface area contributed by atoms with Gasteiger partial charge in [0.25, 0.3) is 5.91 Å². The number of hydrogen-bond acceptors (Lipinski definition) is 3. The van der Waals surface area contributed by atoms with E-state index in [4.69, 9.17) is 4.42 Å². The Labute approximate surface area is 154 Å². The first-order valence-electron chi connectivity index (χ1n) is 9.27. The van der Waals surface area contributed by atoms with Crippen LogP contribution < -0.4 is 5.32 Å². The lowest BCUT2D eigenvalue weighted by Gasteiger charge is -2.32. The van der Waals surface area contributed by atoms with Crippen molar-refractivity contribution in [3.8, 4) is 0 Å². The lowest BCUT2D eigenvalue weighted by atomic mass is 9.91. The number of carbonyl (C=O) groups excluding carboxylic acids is 2. The van der Waals surface area contributed by atoms with Crippen molar-refractivity contribution in [2.45, 2.75) is 39.2 Å². The number of furan rings is 1. The van der Waals surface area contributed by atoms with Gasteiger partial charge >= 0.3 is 0 Å². The Hall–Kier alpha value is -2.56. The number of benzene rings is 1. The fraction of sp³-hybridized carbons (Fsp3) is 0.429. The minimum atomic E-state index is 0.0554. The minimum Gasteiger partial charge on any atom is -0.467 e. The number of hydrogen-bond donors (Lipinski definition) is 1. The largest absolute Gasteiger partial charge is 0.467 e. The van der Waals surface area contributed by atoms with E-state index in [9.17, 15) is 9.59 Å². The molecule has 3 rings (SSSR count). The maximum Gasteiger partial charge on any atom is 0.254 e. The van der Waals surface area contributed by atoms with Crippen LogP contribution in [0, 0.1) is 12.8 Å². The summed E-state index contributed by atoms with van der Waals surface area (Å²) in [4.78, 5) is 26.5. The Bertz CT molecular complexity index is 731. The monoisotopic (exact) mass is 354 g/mol. The molecule has 1 N–H and O–H groups in total. The van der Waals surface area contributed by atoms with Gasteiger partial charge in [-0.25, -0.2) is 0 Å². The van der Waals surface area contributed by atoms with Gasteiger partial charge in [0.15, 0.2) is 0 Å². The molecule has 2 amide bonds. The van der Waals surface area contributed by atoms with Gasteiger partial charge in [0, 0.05) is 25.1 Å². The second kappa shape index (κ2) is 8.70. The van der Waals surface area contributed by atoms with Crippen molar-refractivity contribution in [3.05, 3.63) is 59.5 Å². The van der Waals surface area contributed by atoms with E-state index in [1.54, 1.807) is 6.26 Å². The third-order valence-corrected chi connectivity index (χ3v) is 5.10. The number of piperidine rings is 1. The van der Waals surface area contributed by atoms with Gasteiger partial charge in [0.1, 0.15) is 5.76 Å². The number of rotatable bonds is 6. The molecular weight excluding hydrogens is 328 g/mol. The van der Waals surface area contributed by atoms with Crippen molar-refractivity contribution < 1.29 is 14.0 Å². The summed E-state index contributed by atoms with van der Waals surface area (Å²) >= 11 is 0. The minimum absolute atomic E-state index is 0.0554. The standard InChI is InChI=1S/C21H26N2O3/c1-16-5-2-3-7-19(16)21(25)23-12-10-17(11-13-23)8-9-20(24)22-15-18-6-4-14-26-18/h2-7,14,17H,8-13,15H2,1H3,(H,22,24). The summed E-state index contributed by atoms with van der Waals surface area (Å²) < 4.78 is 5.21. The van der Waals surface area contributed by atoms with E-state index >= 15 is 0 Å². The number of nitrogens with one attached hydrogen (secondary N) is 1. The first kappa shape index (κ1) is 18.2. The molecule has 1 fully saturated rings. The van der Waals surface area contributed by atoms with Crippen molar-refractivity contribution in [2.75, 3.05) is 13.1 Å². The Morgan fingerprint density at radius 1 is 1.15 bits per heavy atom. The second-order valence-electron chi connectivity index (χ2n) is 6.95. The lowest BCUT2D eigenvalue weighted by Crippen LogP contribution is -2.39. The summed E-state index contributed by atoms with van der Waals surface area (Å²) in [5.41, 5.74) is 1.82. The molecule has 1 saturated heterocycles. The zero-order valence-electron chi connectivity index (χ0n) is 15.2. The quantitative estimate of drug-likeness (QED) is 0.863. The van der Waals surface area contributed by atoms with Crippen LogP contribution in [0.1, 0.15) is 47.4 Å². The van der Waals surface area contributed by atoms with E-state index in [-0.39, 0.29) is 11.8 Å². The molecule has 1 aromatic carbocycles. The van der Waals surface area contributed by atoms with Crippen LogP contribution in [-0.4, -0.2) is 29.8 Å². The van der Waals surface area contributed by atoms with Crippen molar-refractivity contribution in [2.24, 2.45) is 5.92 Å². The summed E-state index contributed by atoms with van der Waals surface area (Å²) in [7, 11) is 0. The molecule has 0 saturated carbocycles. The van der Waals surface area contributed by atoms with E-state index in [1.165, 1.54) is 0 Å². The first-order valence-corrected chi connectivity index (χ1v) is 9.27. The number of likely N-dealkylation sites (tertiary alicyclic amines) is 1. The molecule has 0 bridgehead atoms. The average molecular weight is 354 g/mol. The Morgan fingerprint density at radius 3 is 2.62 bits per heavy atom. The number of amides is 2. The zero-order chi connectivity index (χ0) is 18.4. The van der Waals surface area contributed by atoms with E-state index in [0.29, 0.717) is 18.9 Å². The normalized spacial score (nSPS) is 15.0. The highest BCUT2D eigenvalue weighted by molar-refractivity contribution is 5.95. The van der Waals surface area contributed by atoms with Crippen LogP contribution in [0.4, 0.5) is 0 Å². The van der Waals surface area contributed by atoms with Crippen LogP contribution in [0.2, 0.25) is 0 Å². The van der Waals surface area contributed by atoms with Gasteiger partial charge in [-0.1, -0.05) is 18.2 Å². The predicted octanol–water partition coefficient (Wildman–Crippen LogP) is 3.54. The van der Waals surface area contributed by atoms with E-state index in [0.717, 1.165) is 49.2 Å². The summed E-state index contributed by atoms with van der Waals surface area (Å²) in [6.07, 6.45) is 4.92. The average Bonchev–Trinajstić information content (AvgIpc) is 3.18. The summed E-state index contributed by atoms with van der Waals surface area (Å²) in [5.74, 6) is 1.45. The smallest absolute Gasteiger partial charge is 0.254 e. The zero-order valence-corrected chi connectivity index (χ0v) is 15.2. The highest BCUT2D eigenvalue weighted by atomic mass is 16.3. The maximum absolute atomic E-state index is 12.6. The van der Waals surface area contributed by atoms with Crippen LogP contribution >= 0.6 is 0 Å². The summed E-state index contributed by atoms with van der Waals surface area (Å²) in [5, 5.41) is 2.88. The van der Waals surface area contributed by atoms with E-state index in [2.05, 4.69) is 5.32 Å². The molecule has 2 aromatic rings. The van der Waals surface area contributed by atoms with Gasteiger partial charge in [-0.3, -0.25) is 9.59 Å². The second-order valence-corrected chi connectivity index (χ2v) is 6.95. The third kappa shape index (κ3) is 4.75. The summed E-state index contributed by atoms with van der Waals surface area (Å²) in [6, 6.07) is 11.4. The number of aryl methyl sites for hydroxylation is 1. The Balaban J connectivity index is 1.39. The molecule has 5 heteroatoms. The van der Waals surface area contributed by atoms with Crippen LogP contribution in [0.5, 0.6) is 0 Å². The Kier molecular flexibility index (Phi) is 6.10. The molecule has 0 radical (unpaired) electrons. The van der Waals surface area contributed by atoms with Gasteiger partial charge in [0.2, 0.25) is 5.91 Å². The van der Waals surface area contributed by atoms with Crippen LogP contribution in [0.25, 0.3) is 0 Å². The molecule has 5 nitrogen and oxygen atoms in total. The van der Waals surface area contributed by atoms with Crippen LogP contribution in [-0.2, 0) is 11.3 Å². The van der Waals surface area contributed by atoms with Crippen molar-refractivity contribution >= 4 is 11.8 Å². The van der Waals surface area contributed by atoms with Gasteiger partial charge in [-0.15, -0.1) is 0 Å². The molecule has 0 spiro atoms. The van der Waals surface area contributed by atoms with Crippen LogP contribution in [0.15, 0.2) is 47.1 Å². The summed E-state index contributed by atoms with van der Waals surface area (Å²) in [6.45, 7) is 3.95.